The maximum atomic E-state index is 12.8. The van der Waals surface area contributed by atoms with Crippen LogP contribution >= 0.6 is 15.9 Å². The highest BCUT2D eigenvalue weighted by atomic mass is 79.9. The molecule has 6 heteroatoms. The van der Waals surface area contributed by atoms with Crippen LogP contribution < -0.4 is 10.1 Å². The summed E-state index contributed by atoms with van der Waals surface area (Å²) in [6.45, 7) is 3.49. The SMILES string of the molecule is CC(C)(Br)C(=O)Nc1ccc(Oc2ccc(F)cc2)cn1. The van der Waals surface area contributed by atoms with Crippen LogP contribution in [0.15, 0.2) is 42.6 Å². The number of carbonyl (C=O) groups is 1. The Morgan fingerprint density at radius 3 is 2.33 bits per heavy atom. The van der Waals surface area contributed by atoms with Gasteiger partial charge in [0.1, 0.15) is 23.1 Å². The Kier molecular flexibility index (Phi) is 4.57. The number of anilines is 1. The summed E-state index contributed by atoms with van der Waals surface area (Å²) in [6, 6.07) is 8.99. The number of amides is 1. The summed E-state index contributed by atoms with van der Waals surface area (Å²) in [7, 11) is 0. The first-order chi connectivity index (χ1) is 9.84. The van der Waals surface area contributed by atoms with Crippen molar-refractivity contribution in [2.45, 2.75) is 18.2 Å². The molecule has 1 aromatic carbocycles. The van der Waals surface area contributed by atoms with Crippen LogP contribution in [0.3, 0.4) is 0 Å². The fourth-order valence-electron chi connectivity index (χ4n) is 1.42. The Morgan fingerprint density at radius 2 is 1.81 bits per heavy atom. The number of alkyl halides is 1. The van der Waals surface area contributed by atoms with E-state index in [1.807, 2.05) is 0 Å². The van der Waals surface area contributed by atoms with Crippen LogP contribution in [0.2, 0.25) is 0 Å². The minimum absolute atomic E-state index is 0.192. The van der Waals surface area contributed by atoms with Gasteiger partial charge in [0.2, 0.25) is 5.91 Å². The average Bonchev–Trinajstić information content (AvgIpc) is 2.42. The number of benzene rings is 1. The molecular weight excluding hydrogens is 339 g/mol. The molecule has 0 aliphatic rings. The molecule has 2 aromatic rings. The van der Waals surface area contributed by atoms with E-state index in [9.17, 15) is 9.18 Å². The van der Waals surface area contributed by atoms with E-state index >= 15 is 0 Å². The predicted octanol–water partition coefficient (Wildman–Crippen LogP) is 4.13. The molecule has 0 fully saturated rings. The van der Waals surface area contributed by atoms with Crippen LogP contribution in [0, 0.1) is 5.82 Å². The summed E-state index contributed by atoms with van der Waals surface area (Å²) < 4.78 is 17.6. The molecule has 0 saturated carbocycles. The third-order valence-corrected chi connectivity index (χ3v) is 2.93. The Hall–Kier alpha value is -1.95. The van der Waals surface area contributed by atoms with Crippen molar-refractivity contribution in [1.82, 2.24) is 4.98 Å². The van der Waals surface area contributed by atoms with Gasteiger partial charge in [-0.05, 0) is 50.2 Å². The Bertz CT molecular complexity index is 622. The second-order valence-electron chi connectivity index (χ2n) is 4.86. The van der Waals surface area contributed by atoms with Crippen molar-refractivity contribution in [2.24, 2.45) is 0 Å². The van der Waals surface area contributed by atoms with Crippen LogP contribution in [0.5, 0.6) is 11.5 Å². The Balaban J connectivity index is 2.02. The number of carbonyl (C=O) groups excluding carboxylic acids is 1. The summed E-state index contributed by atoms with van der Waals surface area (Å²) >= 11 is 3.27. The van der Waals surface area contributed by atoms with E-state index < -0.39 is 4.32 Å². The van der Waals surface area contributed by atoms with Crippen LogP contribution in [-0.2, 0) is 4.79 Å². The van der Waals surface area contributed by atoms with Gasteiger partial charge in [-0.15, -0.1) is 0 Å². The summed E-state index contributed by atoms with van der Waals surface area (Å²) in [6.07, 6.45) is 1.49. The lowest BCUT2D eigenvalue weighted by Crippen LogP contribution is -2.31. The quantitative estimate of drug-likeness (QED) is 0.841. The highest BCUT2D eigenvalue weighted by Crippen LogP contribution is 2.22. The van der Waals surface area contributed by atoms with Gasteiger partial charge in [0.25, 0.3) is 0 Å². The fraction of sp³-hybridized carbons (Fsp3) is 0.200. The molecular formula is C15H14BrFN2O2. The van der Waals surface area contributed by atoms with E-state index in [0.29, 0.717) is 17.3 Å². The smallest absolute Gasteiger partial charge is 0.241 e. The number of aromatic nitrogens is 1. The number of rotatable bonds is 4. The van der Waals surface area contributed by atoms with Gasteiger partial charge < -0.3 is 10.1 Å². The largest absolute Gasteiger partial charge is 0.456 e. The van der Waals surface area contributed by atoms with E-state index in [1.54, 1.807) is 26.0 Å². The summed E-state index contributed by atoms with van der Waals surface area (Å²) in [5, 5.41) is 2.68. The first-order valence-corrected chi connectivity index (χ1v) is 7.04. The number of hydrogen-bond donors (Lipinski definition) is 1. The van der Waals surface area contributed by atoms with Crippen LogP contribution in [0.25, 0.3) is 0 Å². The van der Waals surface area contributed by atoms with Gasteiger partial charge in [0, 0.05) is 0 Å². The third-order valence-electron chi connectivity index (χ3n) is 2.57. The van der Waals surface area contributed by atoms with E-state index in [2.05, 4.69) is 26.2 Å². The molecule has 0 aliphatic heterocycles. The molecule has 0 atom stereocenters. The molecule has 1 N–H and O–H groups in total. The third kappa shape index (κ3) is 4.53. The van der Waals surface area contributed by atoms with Crippen molar-refractivity contribution >= 4 is 27.7 Å². The van der Waals surface area contributed by atoms with Gasteiger partial charge in [0.15, 0.2) is 0 Å². The second kappa shape index (κ2) is 6.22. The highest BCUT2D eigenvalue weighted by molar-refractivity contribution is 9.10. The summed E-state index contributed by atoms with van der Waals surface area (Å²) in [5.74, 6) is 0.923. The molecule has 0 spiro atoms. The van der Waals surface area contributed by atoms with Gasteiger partial charge in [-0.25, -0.2) is 9.37 Å². The minimum Gasteiger partial charge on any atom is -0.456 e. The number of pyridine rings is 1. The first-order valence-electron chi connectivity index (χ1n) is 6.24. The van der Waals surface area contributed by atoms with Gasteiger partial charge in [0.05, 0.1) is 10.5 Å². The Morgan fingerprint density at radius 1 is 1.19 bits per heavy atom. The molecule has 0 unspecified atom stereocenters. The monoisotopic (exact) mass is 352 g/mol. The van der Waals surface area contributed by atoms with Crippen LogP contribution in [-0.4, -0.2) is 15.2 Å². The Labute approximate surface area is 130 Å². The minimum atomic E-state index is -0.669. The first kappa shape index (κ1) is 15.4. The van der Waals surface area contributed by atoms with E-state index in [-0.39, 0.29) is 11.7 Å². The normalized spacial score (nSPS) is 11.0. The molecule has 0 saturated heterocycles. The maximum Gasteiger partial charge on any atom is 0.241 e. The molecule has 0 radical (unpaired) electrons. The molecule has 4 nitrogen and oxygen atoms in total. The van der Waals surface area contributed by atoms with Gasteiger partial charge >= 0.3 is 0 Å². The number of hydrogen-bond acceptors (Lipinski definition) is 3. The van der Waals surface area contributed by atoms with Crippen molar-refractivity contribution in [3.8, 4) is 11.5 Å². The molecule has 1 aromatic heterocycles. The van der Waals surface area contributed by atoms with Gasteiger partial charge in [-0.1, -0.05) is 15.9 Å². The second-order valence-corrected chi connectivity index (χ2v) is 6.84. The number of nitrogens with one attached hydrogen (secondary N) is 1. The topological polar surface area (TPSA) is 51.2 Å². The number of ether oxygens (including phenoxy) is 1. The van der Waals surface area contributed by atoms with E-state index in [1.165, 1.54) is 30.5 Å². The van der Waals surface area contributed by atoms with Crippen molar-refractivity contribution in [1.29, 1.82) is 0 Å². The fourth-order valence-corrected chi connectivity index (χ4v) is 1.52. The number of nitrogens with zero attached hydrogens (tertiary/aromatic N) is 1. The van der Waals surface area contributed by atoms with E-state index in [0.717, 1.165) is 0 Å². The van der Waals surface area contributed by atoms with Crippen molar-refractivity contribution < 1.29 is 13.9 Å². The standard InChI is InChI=1S/C15H14BrFN2O2/c1-15(2,16)14(20)19-13-8-7-12(9-18-13)21-11-5-3-10(17)4-6-11/h3-9H,1-2H3,(H,18,19,20). The zero-order valence-electron chi connectivity index (χ0n) is 11.6. The lowest BCUT2D eigenvalue weighted by Gasteiger charge is -2.15. The molecule has 0 aliphatic carbocycles. The van der Waals surface area contributed by atoms with Gasteiger partial charge in [-0.2, -0.15) is 0 Å². The molecule has 2 rings (SSSR count). The summed E-state index contributed by atoms with van der Waals surface area (Å²) in [5.41, 5.74) is 0. The molecule has 1 amide bonds. The van der Waals surface area contributed by atoms with Crippen molar-refractivity contribution in [3.63, 3.8) is 0 Å². The molecule has 1 heterocycles. The maximum absolute atomic E-state index is 12.8. The van der Waals surface area contributed by atoms with Crippen LogP contribution in [0.1, 0.15) is 13.8 Å². The number of halogens is 2. The van der Waals surface area contributed by atoms with E-state index in [4.69, 9.17) is 4.74 Å². The van der Waals surface area contributed by atoms with Crippen LogP contribution in [0.4, 0.5) is 10.2 Å². The predicted molar refractivity (Wildman–Crippen MR) is 82.3 cm³/mol. The summed E-state index contributed by atoms with van der Waals surface area (Å²) in [4.78, 5) is 15.9. The van der Waals surface area contributed by atoms with Gasteiger partial charge in [-0.3, -0.25) is 4.79 Å². The van der Waals surface area contributed by atoms with Crippen molar-refractivity contribution in [3.05, 3.63) is 48.4 Å². The highest BCUT2D eigenvalue weighted by Gasteiger charge is 2.23. The molecule has 110 valence electrons. The zero-order chi connectivity index (χ0) is 15.5. The lowest BCUT2D eigenvalue weighted by molar-refractivity contribution is -0.117. The average molecular weight is 353 g/mol. The molecule has 0 bridgehead atoms. The van der Waals surface area contributed by atoms with Crippen molar-refractivity contribution in [2.75, 3.05) is 5.32 Å². The zero-order valence-corrected chi connectivity index (χ0v) is 13.1. The molecule has 21 heavy (non-hydrogen) atoms. The lowest BCUT2D eigenvalue weighted by atomic mass is 10.2.